The Balaban J connectivity index is 1.34. The summed E-state index contributed by atoms with van der Waals surface area (Å²) >= 11 is 0. The number of carbonyl (C=O) groups is 1. The summed E-state index contributed by atoms with van der Waals surface area (Å²) in [5.41, 5.74) is 2.76. The Morgan fingerprint density at radius 1 is 1.25 bits per heavy atom. The van der Waals surface area contributed by atoms with Crippen molar-refractivity contribution >= 4 is 22.7 Å². The van der Waals surface area contributed by atoms with E-state index >= 15 is 0 Å². The van der Waals surface area contributed by atoms with Gasteiger partial charge < -0.3 is 14.6 Å². The molecule has 1 amide bonds. The van der Waals surface area contributed by atoms with Crippen molar-refractivity contribution in [1.82, 2.24) is 9.88 Å². The molecule has 0 bridgehead atoms. The molecule has 0 radical (unpaired) electrons. The number of oxazole rings is 1. The normalized spacial score (nSPS) is 17.3. The fourth-order valence-corrected chi connectivity index (χ4v) is 3.69. The Hall–Kier alpha value is -3.17. The lowest BCUT2D eigenvalue weighted by Gasteiger charge is -2.30. The van der Waals surface area contributed by atoms with Gasteiger partial charge in [-0.05, 0) is 43.7 Å². The lowest BCUT2D eigenvalue weighted by Crippen LogP contribution is -2.36. The van der Waals surface area contributed by atoms with Gasteiger partial charge in [-0.25, -0.2) is 4.98 Å². The van der Waals surface area contributed by atoms with Crippen LogP contribution in [0.25, 0.3) is 11.1 Å². The molecule has 2 aromatic carbocycles. The second-order valence-corrected chi connectivity index (χ2v) is 7.12. The summed E-state index contributed by atoms with van der Waals surface area (Å²) in [6.07, 6.45) is 2.49. The molecule has 0 saturated carbocycles. The van der Waals surface area contributed by atoms with Crippen molar-refractivity contribution in [1.29, 1.82) is 5.26 Å². The van der Waals surface area contributed by atoms with Crippen LogP contribution < -0.4 is 5.32 Å². The third kappa shape index (κ3) is 4.05. The van der Waals surface area contributed by atoms with Crippen molar-refractivity contribution in [2.24, 2.45) is 0 Å². The van der Waals surface area contributed by atoms with Gasteiger partial charge in [0.05, 0.1) is 11.3 Å². The SMILES string of the molecule is N#Cc1ccccc1NC(=O)CCN1CCC[C@@H](c2nc3ccccc3o2)C1. The van der Waals surface area contributed by atoms with Crippen LogP contribution in [0.1, 0.15) is 36.6 Å². The number of fused-ring (bicyclic) bond motifs is 1. The molecule has 0 spiro atoms. The highest BCUT2D eigenvalue weighted by Crippen LogP contribution is 2.29. The van der Waals surface area contributed by atoms with E-state index in [9.17, 15) is 4.79 Å². The summed E-state index contributed by atoms with van der Waals surface area (Å²) in [5, 5.41) is 12.0. The van der Waals surface area contributed by atoms with Crippen molar-refractivity contribution in [3.05, 3.63) is 60.0 Å². The zero-order valence-electron chi connectivity index (χ0n) is 15.6. The number of benzene rings is 2. The second-order valence-electron chi connectivity index (χ2n) is 7.12. The van der Waals surface area contributed by atoms with Crippen molar-refractivity contribution in [3.8, 4) is 6.07 Å². The first kappa shape index (κ1) is 18.2. The lowest BCUT2D eigenvalue weighted by molar-refractivity contribution is -0.116. The van der Waals surface area contributed by atoms with Crippen LogP contribution in [0.15, 0.2) is 52.9 Å². The maximum absolute atomic E-state index is 12.3. The number of nitrogens with one attached hydrogen (secondary N) is 1. The number of hydrogen-bond acceptors (Lipinski definition) is 5. The molecule has 1 aliphatic heterocycles. The Labute approximate surface area is 163 Å². The van der Waals surface area contributed by atoms with Gasteiger partial charge in [-0.2, -0.15) is 5.26 Å². The van der Waals surface area contributed by atoms with Crippen molar-refractivity contribution in [2.45, 2.75) is 25.2 Å². The fraction of sp³-hybridized carbons (Fsp3) is 0.318. The van der Waals surface area contributed by atoms with Gasteiger partial charge in [0, 0.05) is 25.4 Å². The summed E-state index contributed by atoms with van der Waals surface area (Å²) in [6.45, 7) is 2.49. The minimum Gasteiger partial charge on any atom is -0.440 e. The van der Waals surface area contributed by atoms with Gasteiger partial charge in [0.1, 0.15) is 11.6 Å². The number of rotatable bonds is 5. The molecule has 0 aliphatic carbocycles. The number of piperidine rings is 1. The molecule has 1 aromatic heterocycles. The van der Waals surface area contributed by atoms with Crippen LogP contribution >= 0.6 is 0 Å². The van der Waals surface area contributed by atoms with Crippen molar-refractivity contribution < 1.29 is 9.21 Å². The van der Waals surface area contributed by atoms with Gasteiger partial charge in [-0.15, -0.1) is 0 Å². The molecule has 1 aliphatic rings. The van der Waals surface area contributed by atoms with Gasteiger partial charge in [-0.3, -0.25) is 4.79 Å². The van der Waals surface area contributed by atoms with Gasteiger partial charge in [0.15, 0.2) is 11.5 Å². The van der Waals surface area contributed by atoms with E-state index in [1.54, 1.807) is 18.2 Å². The molecular formula is C22H22N4O2. The number of aromatic nitrogens is 1. The summed E-state index contributed by atoms with van der Waals surface area (Å²) in [7, 11) is 0. The number of anilines is 1. The predicted molar refractivity (Wildman–Crippen MR) is 107 cm³/mol. The Morgan fingerprint density at radius 2 is 2.07 bits per heavy atom. The Kier molecular flexibility index (Phi) is 5.36. The second kappa shape index (κ2) is 8.24. The molecular weight excluding hydrogens is 352 g/mol. The van der Waals surface area contributed by atoms with Gasteiger partial charge in [0.25, 0.3) is 0 Å². The molecule has 142 valence electrons. The molecule has 0 unspecified atom stereocenters. The number of nitriles is 1. The van der Waals surface area contributed by atoms with E-state index in [0.717, 1.165) is 42.9 Å². The molecule has 6 nitrogen and oxygen atoms in total. The van der Waals surface area contributed by atoms with Crippen LogP contribution in [0.3, 0.4) is 0 Å². The molecule has 1 N–H and O–H groups in total. The minimum absolute atomic E-state index is 0.0771. The summed E-state index contributed by atoms with van der Waals surface area (Å²) in [4.78, 5) is 19.2. The van der Waals surface area contributed by atoms with Crippen LogP contribution in [-0.2, 0) is 4.79 Å². The fourth-order valence-electron chi connectivity index (χ4n) is 3.69. The summed E-state index contributed by atoms with van der Waals surface area (Å²) in [5.74, 6) is 0.966. The van der Waals surface area contributed by atoms with Crippen LogP contribution in [0.5, 0.6) is 0 Å². The number of hydrogen-bond donors (Lipinski definition) is 1. The summed E-state index contributed by atoms with van der Waals surface area (Å²) in [6, 6.07) is 17.0. The average Bonchev–Trinajstić information content (AvgIpc) is 3.17. The highest BCUT2D eigenvalue weighted by atomic mass is 16.3. The van der Waals surface area contributed by atoms with Crippen molar-refractivity contribution in [2.75, 3.05) is 25.0 Å². The molecule has 1 saturated heterocycles. The standard InChI is InChI=1S/C22H22N4O2/c23-14-16-6-1-2-8-18(16)24-21(27)11-13-26-12-5-7-17(15-26)22-25-19-9-3-4-10-20(19)28-22/h1-4,6,8-10,17H,5,7,11-13,15H2,(H,24,27)/t17-/m1/s1. The predicted octanol–water partition coefficient (Wildman–Crippen LogP) is 3.91. The Morgan fingerprint density at radius 3 is 2.93 bits per heavy atom. The van der Waals surface area contributed by atoms with Crippen molar-refractivity contribution in [3.63, 3.8) is 0 Å². The molecule has 2 heterocycles. The van der Waals surface area contributed by atoms with E-state index in [1.165, 1.54) is 0 Å². The molecule has 4 rings (SSSR count). The average molecular weight is 374 g/mol. The zero-order chi connectivity index (χ0) is 19.3. The van der Waals surface area contributed by atoms with Gasteiger partial charge in [0.2, 0.25) is 5.91 Å². The van der Waals surface area contributed by atoms with Crippen LogP contribution in [0.4, 0.5) is 5.69 Å². The number of likely N-dealkylation sites (tertiary alicyclic amines) is 1. The number of carbonyl (C=O) groups excluding carboxylic acids is 1. The van der Waals surface area contributed by atoms with E-state index < -0.39 is 0 Å². The molecule has 1 fully saturated rings. The topological polar surface area (TPSA) is 82.2 Å². The van der Waals surface area contributed by atoms with Crippen LogP contribution in [0, 0.1) is 11.3 Å². The third-order valence-corrected chi connectivity index (χ3v) is 5.14. The highest BCUT2D eigenvalue weighted by Gasteiger charge is 2.25. The van der Waals surface area contributed by atoms with E-state index in [2.05, 4.69) is 21.3 Å². The number of amides is 1. The van der Waals surface area contributed by atoms with Crippen LogP contribution in [-0.4, -0.2) is 35.4 Å². The first-order valence-corrected chi connectivity index (χ1v) is 9.60. The smallest absolute Gasteiger partial charge is 0.225 e. The number of nitrogens with zero attached hydrogens (tertiary/aromatic N) is 3. The maximum atomic E-state index is 12.3. The largest absolute Gasteiger partial charge is 0.440 e. The third-order valence-electron chi connectivity index (χ3n) is 5.14. The van der Waals surface area contributed by atoms with E-state index in [4.69, 9.17) is 9.68 Å². The molecule has 1 atom stereocenters. The van der Waals surface area contributed by atoms with Gasteiger partial charge >= 0.3 is 0 Å². The monoisotopic (exact) mass is 374 g/mol. The first-order valence-electron chi connectivity index (χ1n) is 9.60. The van der Waals surface area contributed by atoms with E-state index in [-0.39, 0.29) is 11.8 Å². The maximum Gasteiger partial charge on any atom is 0.225 e. The van der Waals surface area contributed by atoms with Crippen LogP contribution in [0.2, 0.25) is 0 Å². The van der Waals surface area contributed by atoms with E-state index in [1.807, 2.05) is 30.3 Å². The molecule has 28 heavy (non-hydrogen) atoms. The quantitative estimate of drug-likeness (QED) is 0.732. The summed E-state index contributed by atoms with van der Waals surface area (Å²) < 4.78 is 5.94. The first-order chi connectivity index (χ1) is 13.7. The highest BCUT2D eigenvalue weighted by molar-refractivity contribution is 5.92. The lowest BCUT2D eigenvalue weighted by atomic mass is 9.98. The Bertz CT molecular complexity index is 988. The van der Waals surface area contributed by atoms with E-state index in [0.29, 0.717) is 24.2 Å². The van der Waals surface area contributed by atoms with Gasteiger partial charge in [-0.1, -0.05) is 24.3 Å². The zero-order valence-corrected chi connectivity index (χ0v) is 15.6. The molecule has 6 heteroatoms. The number of para-hydroxylation sites is 3. The minimum atomic E-state index is -0.0771. The molecule has 3 aromatic rings.